The predicted molar refractivity (Wildman–Crippen MR) is 64.6 cm³/mol. The molecule has 92 valence electrons. The van der Waals surface area contributed by atoms with Crippen LogP contribution in [0.15, 0.2) is 18.2 Å². The van der Waals surface area contributed by atoms with Crippen LogP contribution in [0, 0.1) is 0 Å². The van der Waals surface area contributed by atoms with E-state index in [1.807, 2.05) is 18.2 Å². The zero-order valence-electron chi connectivity index (χ0n) is 9.61. The molecule has 1 aliphatic rings. The van der Waals surface area contributed by atoms with Crippen LogP contribution in [-0.4, -0.2) is 36.9 Å². The monoisotopic (exact) mass is 255 g/mol. The van der Waals surface area contributed by atoms with Crippen molar-refractivity contribution in [2.45, 2.75) is 6.54 Å². The van der Waals surface area contributed by atoms with Gasteiger partial charge in [0, 0.05) is 13.6 Å². The Morgan fingerprint density at radius 3 is 2.76 bits per heavy atom. The van der Waals surface area contributed by atoms with Crippen LogP contribution in [0.4, 0.5) is 0 Å². The Morgan fingerprint density at radius 2 is 2.06 bits per heavy atom. The molecule has 0 radical (unpaired) electrons. The number of nitrogens with zero attached hydrogens (tertiary/aromatic N) is 1. The summed E-state index contributed by atoms with van der Waals surface area (Å²) in [4.78, 5) is 12.9. The molecule has 1 aromatic carbocycles. The van der Waals surface area contributed by atoms with E-state index in [1.165, 1.54) is 0 Å². The number of carbonyl (C=O) groups is 1. The molecule has 17 heavy (non-hydrogen) atoms. The van der Waals surface area contributed by atoms with Crippen LogP contribution in [0.5, 0.6) is 11.5 Å². The lowest BCUT2D eigenvalue weighted by molar-refractivity contribution is -0.127. The standard InChI is InChI=1S/C12H14ClNO3/c1-14(12(15)7-13)8-9-2-3-10-11(6-9)17-5-4-16-10/h2-3,6H,4-5,7-8H2,1H3. The number of hydrogen-bond acceptors (Lipinski definition) is 3. The van der Waals surface area contributed by atoms with Crippen LogP contribution in [0.2, 0.25) is 0 Å². The van der Waals surface area contributed by atoms with Gasteiger partial charge in [-0.15, -0.1) is 11.6 Å². The Morgan fingerprint density at radius 1 is 1.35 bits per heavy atom. The van der Waals surface area contributed by atoms with Crippen molar-refractivity contribution in [2.75, 3.05) is 26.1 Å². The second-order valence-corrected chi connectivity index (χ2v) is 4.13. The fraction of sp³-hybridized carbons (Fsp3) is 0.417. The first-order valence-electron chi connectivity index (χ1n) is 5.39. The molecule has 0 saturated carbocycles. The van der Waals surface area contributed by atoms with Crippen LogP contribution in [0.3, 0.4) is 0 Å². The average molecular weight is 256 g/mol. The Kier molecular flexibility index (Phi) is 3.74. The third-order valence-electron chi connectivity index (χ3n) is 2.57. The maximum Gasteiger partial charge on any atom is 0.237 e. The molecule has 0 atom stereocenters. The lowest BCUT2D eigenvalue weighted by Gasteiger charge is -2.20. The molecule has 0 bridgehead atoms. The molecule has 0 spiro atoms. The summed E-state index contributed by atoms with van der Waals surface area (Å²) >= 11 is 5.49. The maximum atomic E-state index is 11.3. The van der Waals surface area contributed by atoms with Crippen molar-refractivity contribution in [3.63, 3.8) is 0 Å². The molecule has 5 heteroatoms. The van der Waals surface area contributed by atoms with E-state index in [-0.39, 0.29) is 11.8 Å². The zero-order valence-corrected chi connectivity index (χ0v) is 10.4. The van der Waals surface area contributed by atoms with E-state index in [9.17, 15) is 4.79 Å². The van der Waals surface area contributed by atoms with Gasteiger partial charge in [0.05, 0.1) is 0 Å². The minimum absolute atomic E-state index is 0.00104. The van der Waals surface area contributed by atoms with Crippen LogP contribution in [-0.2, 0) is 11.3 Å². The number of rotatable bonds is 3. The van der Waals surface area contributed by atoms with Crippen LogP contribution in [0.25, 0.3) is 0 Å². The van der Waals surface area contributed by atoms with Gasteiger partial charge in [-0.1, -0.05) is 6.07 Å². The van der Waals surface area contributed by atoms with Gasteiger partial charge in [-0.3, -0.25) is 4.79 Å². The number of amides is 1. The highest BCUT2D eigenvalue weighted by molar-refractivity contribution is 6.27. The van der Waals surface area contributed by atoms with Gasteiger partial charge in [0.15, 0.2) is 11.5 Å². The van der Waals surface area contributed by atoms with Gasteiger partial charge >= 0.3 is 0 Å². The molecule has 0 unspecified atom stereocenters. The molecule has 0 aliphatic carbocycles. The van der Waals surface area contributed by atoms with Crippen molar-refractivity contribution in [1.29, 1.82) is 0 Å². The largest absolute Gasteiger partial charge is 0.486 e. The minimum atomic E-state index is -0.0958. The molecule has 0 aromatic heterocycles. The number of benzene rings is 1. The summed E-state index contributed by atoms with van der Waals surface area (Å²) < 4.78 is 10.9. The van der Waals surface area contributed by atoms with Crippen LogP contribution >= 0.6 is 11.6 Å². The Hall–Kier alpha value is -1.42. The number of carbonyl (C=O) groups excluding carboxylic acids is 1. The summed E-state index contributed by atoms with van der Waals surface area (Å²) in [6.45, 7) is 1.66. The van der Waals surface area contributed by atoms with E-state index in [1.54, 1.807) is 11.9 Å². The predicted octanol–water partition coefficient (Wildman–Crippen LogP) is 1.65. The molecular weight excluding hydrogens is 242 g/mol. The number of fused-ring (bicyclic) bond motifs is 1. The average Bonchev–Trinajstić information content (AvgIpc) is 2.37. The van der Waals surface area contributed by atoms with Crippen LogP contribution in [0.1, 0.15) is 5.56 Å². The van der Waals surface area contributed by atoms with Crippen molar-refractivity contribution in [3.8, 4) is 11.5 Å². The lowest BCUT2D eigenvalue weighted by Crippen LogP contribution is -2.27. The number of halogens is 1. The summed E-state index contributed by atoms with van der Waals surface area (Å²) in [5.74, 6) is 1.40. The second-order valence-electron chi connectivity index (χ2n) is 3.86. The number of ether oxygens (including phenoxy) is 2. The van der Waals surface area contributed by atoms with E-state index in [4.69, 9.17) is 21.1 Å². The minimum Gasteiger partial charge on any atom is -0.486 e. The van der Waals surface area contributed by atoms with Gasteiger partial charge in [0.2, 0.25) is 5.91 Å². The summed E-state index contributed by atoms with van der Waals surface area (Å²) in [7, 11) is 1.72. The van der Waals surface area contributed by atoms with Gasteiger partial charge in [-0.25, -0.2) is 0 Å². The summed E-state index contributed by atoms with van der Waals surface area (Å²) in [5, 5.41) is 0. The van der Waals surface area contributed by atoms with Gasteiger partial charge < -0.3 is 14.4 Å². The van der Waals surface area contributed by atoms with Gasteiger partial charge in [-0.2, -0.15) is 0 Å². The molecule has 1 heterocycles. The lowest BCUT2D eigenvalue weighted by atomic mass is 10.2. The van der Waals surface area contributed by atoms with Crippen molar-refractivity contribution in [2.24, 2.45) is 0 Å². The molecule has 1 aromatic rings. The summed E-state index contributed by atoms with van der Waals surface area (Å²) in [6.07, 6.45) is 0. The fourth-order valence-electron chi connectivity index (χ4n) is 1.65. The topological polar surface area (TPSA) is 38.8 Å². The smallest absolute Gasteiger partial charge is 0.237 e. The quantitative estimate of drug-likeness (QED) is 0.771. The second kappa shape index (κ2) is 5.27. The first-order valence-corrected chi connectivity index (χ1v) is 5.92. The van der Waals surface area contributed by atoms with Crippen molar-refractivity contribution < 1.29 is 14.3 Å². The van der Waals surface area contributed by atoms with Gasteiger partial charge in [-0.05, 0) is 17.7 Å². The molecule has 4 nitrogen and oxygen atoms in total. The Balaban J connectivity index is 2.09. The fourth-order valence-corrected chi connectivity index (χ4v) is 1.85. The number of hydrogen-bond donors (Lipinski definition) is 0. The van der Waals surface area contributed by atoms with E-state index in [2.05, 4.69) is 0 Å². The van der Waals surface area contributed by atoms with Crippen LogP contribution < -0.4 is 9.47 Å². The van der Waals surface area contributed by atoms with E-state index in [0.29, 0.717) is 19.8 Å². The zero-order chi connectivity index (χ0) is 12.3. The first-order chi connectivity index (χ1) is 8.20. The Bertz CT molecular complexity index is 422. The molecule has 0 fully saturated rings. The molecule has 1 amide bonds. The van der Waals surface area contributed by atoms with Crippen molar-refractivity contribution in [1.82, 2.24) is 4.90 Å². The molecular formula is C12H14ClNO3. The normalized spacial score (nSPS) is 13.3. The van der Waals surface area contributed by atoms with Gasteiger partial charge in [0.1, 0.15) is 19.1 Å². The molecule has 0 N–H and O–H groups in total. The highest BCUT2D eigenvalue weighted by Gasteiger charge is 2.13. The Labute approximate surface area is 105 Å². The van der Waals surface area contributed by atoms with Crippen molar-refractivity contribution >= 4 is 17.5 Å². The highest BCUT2D eigenvalue weighted by Crippen LogP contribution is 2.30. The third-order valence-corrected chi connectivity index (χ3v) is 2.80. The maximum absolute atomic E-state index is 11.3. The summed E-state index contributed by atoms with van der Waals surface area (Å²) in [6, 6.07) is 5.68. The molecule has 1 aliphatic heterocycles. The highest BCUT2D eigenvalue weighted by atomic mass is 35.5. The van der Waals surface area contributed by atoms with E-state index in [0.717, 1.165) is 17.1 Å². The first kappa shape index (κ1) is 12.0. The van der Waals surface area contributed by atoms with E-state index >= 15 is 0 Å². The number of alkyl halides is 1. The summed E-state index contributed by atoms with van der Waals surface area (Å²) in [5.41, 5.74) is 0.996. The molecule has 0 saturated heterocycles. The third kappa shape index (κ3) is 2.82. The van der Waals surface area contributed by atoms with Crippen molar-refractivity contribution in [3.05, 3.63) is 23.8 Å². The van der Waals surface area contributed by atoms with Gasteiger partial charge in [0.25, 0.3) is 0 Å². The molecule has 2 rings (SSSR count). The SMILES string of the molecule is CN(Cc1ccc2c(c1)OCCO2)C(=O)CCl. The van der Waals surface area contributed by atoms with E-state index < -0.39 is 0 Å².